The molecule has 0 aromatic carbocycles. The summed E-state index contributed by atoms with van der Waals surface area (Å²) in [5, 5.41) is 8.84. The topological polar surface area (TPSA) is 50.1 Å². The number of likely N-dealkylation sites (N-methyl/N-ethyl adjacent to an activating group) is 1. The van der Waals surface area contributed by atoms with E-state index in [-0.39, 0.29) is 0 Å². The summed E-state index contributed by atoms with van der Waals surface area (Å²) in [7, 11) is 4.34. The van der Waals surface area contributed by atoms with Crippen molar-refractivity contribution < 1.29 is 0 Å². The molecule has 6 nitrogen and oxygen atoms in total. The summed E-state index contributed by atoms with van der Waals surface area (Å²) < 4.78 is 2.21. The van der Waals surface area contributed by atoms with E-state index in [0.717, 1.165) is 31.9 Å². The van der Waals surface area contributed by atoms with Crippen LogP contribution in [0.3, 0.4) is 0 Å². The van der Waals surface area contributed by atoms with E-state index in [1.165, 1.54) is 37.2 Å². The predicted molar refractivity (Wildman–Crippen MR) is 97.2 cm³/mol. The van der Waals surface area contributed by atoms with Crippen molar-refractivity contribution in [2.75, 3.05) is 26.7 Å². The Hall–Kier alpha value is -1.79. The molecule has 134 valence electrons. The highest BCUT2D eigenvalue weighted by molar-refractivity contribution is 5.10. The second-order valence-corrected chi connectivity index (χ2v) is 7.57. The van der Waals surface area contributed by atoms with Crippen molar-refractivity contribution in [1.29, 1.82) is 0 Å². The first kappa shape index (κ1) is 16.7. The zero-order chi connectivity index (χ0) is 17.2. The minimum atomic E-state index is 0.610. The summed E-state index contributed by atoms with van der Waals surface area (Å²) in [4.78, 5) is 9.12. The van der Waals surface area contributed by atoms with Crippen molar-refractivity contribution in [2.45, 2.75) is 44.2 Å². The van der Waals surface area contributed by atoms with Crippen molar-refractivity contribution in [3.63, 3.8) is 0 Å². The highest BCUT2D eigenvalue weighted by atomic mass is 15.3. The molecule has 2 aromatic rings. The van der Waals surface area contributed by atoms with E-state index in [2.05, 4.69) is 55.8 Å². The van der Waals surface area contributed by atoms with E-state index < -0.39 is 0 Å². The van der Waals surface area contributed by atoms with E-state index in [9.17, 15) is 0 Å². The normalized spacial score (nSPS) is 21.3. The Bertz CT molecular complexity index is 693. The third kappa shape index (κ3) is 3.90. The van der Waals surface area contributed by atoms with Gasteiger partial charge in [-0.3, -0.25) is 9.88 Å². The fraction of sp³-hybridized carbons (Fsp3) is 0.632. The maximum atomic E-state index is 4.44. The van der Waals surface area contributed by atoms with Crippen LogP contribution in [0.5, 0.6) is 0 Å². The molecule has 0 N–H and O–H groups in total. The summed E-state index contributed by atoms with van der Waals surface area (Å²) in [6.07, 6.45) is 8.65. The molecule has 0 bridgehead atoms. The third-order valence-electron chi connectivity index (χ3n) is 5.67. The molecular formula is C19H28N6. The number of aromatic nitrogens is 4. The first-order chi connectivity index (χ1) is 12.2. The number of hydrogen-bond donors (Lipinski definition) is 0. The van der Waals surface area contributed by atoms with Crippen LogP contribution in [-0.4, -0.2) is 62.3 Å². The minimum Gasteiger partial charge on any atom is -0.317 e. The summed E-state index contributed by atoms with van der Waals surface area (Å²) in [6, 6.07) is 4.84. The summed E-state index contributed by atoms with van der Waals surface area (Å²) in [5.74, 6) is 2.93. The van der Waals surface area contributed by atoms with Gasteiger partial charge < -0.3 is 9.47 Å². The lowest BCUT2D eigenvalue weighted by molar-refractivity contribution is 0.219. The Morgan fingerprint density at radius 1 is 1.16 bits per heavy atom. The van der Waals surface area contributed by atoms with E-state index in [1.807, 2.05) is 12.4 Å². The van der Waals surface area contributed by atoms with Crippen LogP contribution >= 0.6 is 0 Å². The SMILES string of the molecule is CN(Cc1nnc(C2CC2)n1C)[C@H]1CCN(CCc2ccncc2)C1. The monoisotopic (exact) mass is 340 g/mol. The molecule has 3 heterocycles. The number of pyridine rings is 1. The van der Waals surface area contributed by atoms with Gasteiger partial charge in [0.05, 0.1) is 6.54 Å². The van der Waals surface area contributed by atoms with Crippen LogP contribution in [0.25, 0.3) is 0 Å². The van der Waals surface area contributed by atoms with Crippen LogP contribution in [0, 0.1) is 0 Å². The Morgan fingerprint density at radius 3 is 2.72 bits per heavy atom. The Kier molecular flexibility index (Phi) is 4.81. The fourth-order valence-corrected chi connectivity index (χ4v) is 3.77. The number of hydrogen-bond acceptors (Lipinski definition) is 5. The molecule has 1 saturated heterocycles. The van der Waals surface area contributed by atoms with Crippen LogP contribution in [0.15, 0.2) is 24.5 Å². The Labute approximate surface area is 149 Å². The van der Waals surface area contributed by atoms with Gasteiger partial charge in [0.1, 0.15) is 11.6 Å². The maximum Gasteiger partial charge on any atom is 0.146 e. The first-order valence-corrected chi connectivity index (χ1v) is 9.40. The van der Waals surface area contributed by atoms with Gasteiger partial charge in [-0.2, -0.15) is 0 Å². The minimum absolute atomic E-state index is 0.610. The van der Waals surface area contributed by atoms with E-state index in [4.69, 9.17) is 0 Å². The number of nitrogens with zero attached hydrogens (tertiary/aromatic N) is 6. The largest absolute Gasteiger partial charge is 0.317 e. The molecule has 25 heavy (non-hydrogen) atoms. The van der Waals surface area contributed by atoms with Gasteiger partial charge >= 0.3 is 0 Å². The average molecular weight is 340 g/mol. The highest BCUT2D eigenvalue weighted by Gasteiger charge is 2.30. The number of rotatable bonds is 7. The zero-order valence-electron chi connectivity index (χ0n) is 15.3. The van der Waals surface area contributed by atoms with Crippen LogP contribution in [0.2, 0.25) is 0 Å². The van der Waals surface area contributed by atoms with Gasteiger partial charge in [0.25, 0.3) is 0 Å². The smallest absolute Gasteiger partial charge is 0.146 e. The summed E-state index contributed by atoms with van der Waals surface area (Å²) >= 11 is 0. The molecule has 2 aromatic heterocycles. The van der Waals surface area contributed by atoms with Crippen LogP contribution in [-0.2, 0) is 20.0 Å². The van der Waals surface area contributed by atoms with Gasteiger partial charge in [0.15, 0.2) is 0 Å². The van der Waals surface area contributed by atoms with E-state index in [0.29, 0.717) is 12.0 Å². The molecule has 1 saturated carbocycles. The quantitative estimate of drug-likeness (QED) is 0.770. The lowest BCUT2D eigenvalue weighted by Crippen LogP contribution is -2.35. The van der Waals surface area contributed by atoms with Gasteiger partial charge in [-0.05, 0) is 57.0 Å². The summed E-state index contributed by atoms with van der Waals surface area (Å²) in [6.45, 7) is 4.35. The van der Waals surface area contributed by atoms with E-state index >= 15 is 0 Å². The maximum absolute atomic E-state index is 4.44. The van der Waals surface area contributed by atoms with Gasteiger partial charge in [-0.15, -0.1) is 10.2 Å². The molecular weight excluding hydrogens is 312 g/mol. The summed E-state index contributed by atoms with van der Waals surface area (Å²) in [5.41, 5.74) is 1.37. The first-order valence-electron chi connectivity index (χ1n) is 9.40. The molecule has 2 aliphatic rings. The van der Waals surface area contributed by atoms with E-state index in [1.54, 1.807) is 0 Å². The second kappa shape index (κ2) is 7.22. The molecule has 0 radical (unpaired) electrons. The van der Waals surface area contributed by atoms with Crippen molar-refractivity contribution >= 4 is 0 Å². The Balaban J connectivity index is 1.27. The van der Waals surface area contributed by atoms with Crippen molar-refractivity contribution in [3.05, 3.63) is 41.7 Å². The lowest BCUT2D eigenvalue weighted by atomic mass is 10.2. The molecule has 0 spiro atoms. The Morgan fingerprint density at radius 2 is 1.96 bits per heavy atom. The van der Waals surface area contributed by atoms with Gasteiger partial charge in [0, 0.05) is 44.5 Å². The molecule has 2 fully saturated rings. The number of likely N-dealkylation sites (tertiary alicyclic amines) is 1. The van der Waals surface area contributed by atoms with Gasteiger partial charge in [0.2, 0.25) is 0 Å². The fourth-order valence-electron chi connectivity index (χ4n) is 3.77. The van der Waals surface area contributed by atoms with Crippen LogP contribution in [0.4, 0.5) is 0 Å². The predicted octanol–water partition coefficient (Wildman–Crippen LogP) is 1.84. The molecule has 1 aliphatic carbocycles. The molecule has 0 unspecified atom stereocenters. The zero-order valence-corrected chi connectivity index (χ0v) is 15.3. The average Bonchev–Trinajstić information content (AvgIpc) is 3.25. The molecule has 0 amide bonds. The van der Waals surface area contributed by atoms with Crippen LogP contribution < -0.4 is 0 Å². The van der Waals surface area contributed by atoms with Crippen molar-refractivity contribution in [2.24, 2.45) is 7.05 Å². The molecule has 4 rings (SSSR count). The van der Waals surface area contributed by atoms with Crippen molar-refractivity contribution in [3.8, 4) is 0 Å². The highest BCUT2D eigenvalue weighted by Crippen LogP contribution is 2.38. The standard InChI is InChI=1S/C19H28N6/c1-23(14-18-21-22-19(24(18)2)16-3-4-16)17-8-12-25(13-17)11-7-15-5-9-20-10-6-15/h5-6,9-10,16-17H,3-4,7-8,11-14H2,1-2H3/t17-/m0/s1. The second-order valence-electron chi connectivity index (χ2n) is 7.57. The molecule has 1 atom stereocenters. The van der Waals surface area contributed by atoms with Crippen LogP contribution in [0.1, 0.15) is 42.4 Å². The molecule has 1 aliphatic heterocycles. The lowest BCUT2D eigenvalue weighted by Gasteiger charge is -2.24. The van der Waals surface area contributed by atoms with Crippen molar-refractivity contribution in [1.82, 2.24) is 29.5 Å². The van der Waals surface area contributed by atoms with Gasteiger partial charge in [-0.25, -0.2) is 0 Å². The molecule has 6 heteroatoms. The third-order valence-corrected chi connectivity index (χ3v) is 5.67. The van der Waals surface area contributed by atoms with Gasteiger partial charge in [-0.1, -0.05) is 0 Å².